The van der Waals surface area contributed by atoms with Gasteiger partial charge in [-0.2, -0.15) is 0 Å². The smallest absolute Gasteiger partial charge is 0.256 e. The fraction of sp³-hybridized carbons (Fsp3) is 0.294. The van der Waals surface area contributed by atoms with E-state index in [-0.39, 0.29) is 5.91 Å². The van der Waals surface area contributed by atoms with Gasteiger partial charge in [-0.15, -0.1) is 11.3 Å². The van der Waals surface area contributed by atoms with Crippen LogP contribution in [0.1, 0.15) is 38.1 Å². The first-order chi connectivity index (χ1) is 11.4. The average Bonchev–Trinajstić information content (AvgIpc) is 2.89. The molecular weight excluding hydrogens is 328 g/mol. The lowest BCUT2D eigenvalue weighted by Crippen LogP contribution is -2.18. The quantitative estimate of drug-likeness (QED) is 0.839. The molecule has 0 saturated carbocycles. The Balaban J connectivity index is 2.39. The van der Waals surface area contributed by atoms with Crippen molar-refractivity contribution in [1.82, 2.24) is 0 Å². The fourth-order valence-electron chi connectivity index (χ4n) is 2.47. The normalized spacial score (nSPS) is 10.3. The molecule has 0 aliphatic rings. The van der Waals surface area contributed by atoms with Crippen LogP contribution in [0.5, 0.6) is 11.5 Å². The third-order valence-electron chi connectivity index (χ3n) is 3.65. The number of carbonyl (C=O) groups excluding carboxylic acids is 2. The van der Waals surface area contributed by atoms with Crippen LogP contribution in [-0.4, -0.2) is 26.0 Å². The summed E-state index contributed by atoms with van der Waals surface area (Å²) in [6.07, 6.45) is 0.670. The summed E-state index contributed by atoms with van der Waals surface area (Å²) in [5, 5.41) is 3.24. The highest BCUT2D eigenvalue weighted by molar-refractivity contribution is 7.16. The summed E-state index contributed by atoms with van der Waals surface area (Å²) in [5.74, 6) is 0.103. The lowest BCUT2D eigenvalue weighted by Gasteiger charge is -2.09. The van der Waals surface area contributed by atoms with Gasteiger partial charge in [0.1, 0.15) is 16.5 Å². The highest BCUT2D eigenvalue weighted by Gasteiger charge is 2.21. The van der Waals surface area contributed by atoms with Crippen molar-refractivity contribution in [2.45, 2.75) is 20.3 Å². The van der Waals surface area contributed by atoms with Gasteiger partial charge in [-0.1, -0.05) is 6.92 Å². The molecule has 3 N–H and O–H groups in total. The maximum absolute atomic E-state index is 12.6. The van der Waals surface area contributed by atoms with E-state index < -0.39 is 5.91 Å². The number of methoxy groups -OCH3 is 2. The number of primary amides is 1. The number of carbonyl (C=O) groups is 2. The van der Waals surface area contributed by atoms with Gasteiger partial charge in [-0.05, 0) is 31.0 Å². The number of ether oxygens (including phenoxy) is 2. The van der Waals surface area contributed by atoms with Gasteiger partial charge in [0, 0.05) is 16.5 Å². The Kier molecular flexibility index (Phi) is 5.46. The molecule has 1 aromatic heterocycles. The number of hydrogen-bond acceptors (Lipinski definition) is 5. The summed E-state index contributed by atoms with van der Waals surface area (Å²) in [5.41, 5.74) is 7.10. The van der Waals surface area contributed by atoms with Crippen LogP contribution in [0.15, 0.2) is 18.2 Å². The van der Waals surface area contributed by atoms with Gasteiger partial charge >= 0.3 is 0 Å². The summed E-state index contributed by atoms with van der Waals surface area (Å²) < 4.78 is 10.3. The van der Waals surface area contributed by atoms with E-state index in [1.54, 1.807) is 18.2 Å². The molecule has 128 valence electrons. The number of nitrogens with two attached hydrogens (primary N) is 1. The summed E-state index contributed by atoms with van der Waals surface area (Å²) >= 11 is 1.34. The molecule has 0 bridgehead atoms. The van der Waals surface area contributed by atoms with Crippen LogP contribution in [-0.2, 0) is 6.42 Å². The molecule has 0 unspecified atom stereocenters. The van der Waals surface area contributed by atoms with Gasteiger partial charge in [0.15, 0.2) is 0 Å². The third-order valence-corrected chi connectivity index (χ3v) is 4.71. The number of thiophene rings is 1. The number of amides is 2. The second kappa shape index (κ2) is 7.35. The number of anilines is 1. The van der Waals surface area contributed by atoms with E-state index in [2.05, 4.69) is 5.32 Å². The molecule has 1 aromatic carbocycles. The molecular formula is C17H20N2O4S. The van der Waals surface area contributed by atoms with E-state index in [9.17, 15) is 9.59 Å². The lowest BCUT2D eigenvalue weighted by atomic mass is 10.1. The highest BCUT2D eigenvalue weighted by atomic mass is 32.1. The largest absolute Gasteiger partial charge is 0.497 e. The van der Waals surface area contributed by atoms with Crippen molar-refractivity contribution < 1.29 is 19.1 Å². The predicted octanol–water partition coefficient (Wildman–Crippen LogP) is 2.99. The van der Waals surface area contributed by atoms with E-state index >= 15 is 0 Å². The zero-order valence-corrected chi connectivity index (χ0v) is 14.9. The molecule has 0 saturated heterocycles. The van der Waals surface area contributed by atoms with E-state index in [1.165, 1.54) is 25.6 Å². The molecule has 1 heterocycles. The van der Waals surface area contributed by atoms with Crippen LogP contribution in [0.25, 0.3) is 0 Å². The molecule has 0 spiro atoms. The Morgan fingerprint density at radius 1 is 1.17 bits per heavy atom. The van der Waals surface area contributed by atoms with Gasteiger partial charge in [-0.3, -0.25) is 9.59 Å². The van der Waals surface area contributed by atoms with Crippen molar-refractivity contribution in [3.05, 3.63) is 39.8 Å². The predicted molar refractivity (Wildman–Crippen MR) is 94.5 cm³/mol. The lowest BCUT2D eigenvalue weighted by molar-refractivity contribution is 0.100. The summed E-state index contributed by atoms with van der Waals surface area (Å²) in [6.45, 7) is 3.85. The number of nitrogens with one attached hydrogen (secondary N) is 1. The molecule has 7 heteroatoms. The second-order valence-corrected chi connectivity index (χ2v) is 6.34. The topological polar surface area (TPSA) is 90.7 Å². The van der Waals surface area contributed by atoms with E-state index in [1.807, 2.05) is 13.8 Å². The Hall–Kier alpha value is -2.54. The maximum Gasteiger partial charge on any atom is 0.256 e. The van der Waals surface area contributed by atoms with Crippen LogP contribution in [0.3, 0.4) is 0 Å². The summed E-state index contributed by atoms with van der Waals surface area (Å²) in [6, 6.07) is 4.88. The van der Waals surface area contributed by atoms with Gasteiger partial charge in [-0.25, -0.2) is 0 Å². The van der Waals surface area contributed by atoms with Gasteiger partial charge in [0.2, 0.25) is 0 Å². The van der Waals surface area contributed by atoms with Crippen molar-refractivity contribution in [3.8, 4) is 11.5 Å². The van der Waals surface area contributed by atoms with Crippen molar-refractivity contribution in [3.63, 3.8) is 0 Å². The zero-order valence-electron chi connectivity index (χ0n) is 14.1. The number of benzene rings is 1. The Morgan fingerprint density at radius 2 is 1.75 bits per heavy atom. The SMILES string of the molecule is CCc1c(C)sc(NC(=O)c2cc(OC)cc(OC)c2)c1C(N)=O. The monoisotopic (exact) mass is 348 g/mol. The van der Waals surface area contributed by atoms with E-state index in [4.69, 9.17) is 15.2 Å². The molecule has 2 aromatic rings. The molecule has 0 atom stereocenters. The highest BCUT2D eigenvalue weighted by Crippen LogP contribution is 2.33. The Bertz CT molecular complexity index is 761. The van der Waals surface area contributed by atoms with Gasteiger partial charge < -0.3 is 20.5 Å². The van der Waals surface area contributed by atoms with Gasteiger partial charge in [0.05, 0.1) is 19.8 Å². The maximum atomic E-state index is 12.6. The molecule has 2 amide bonds. The number of hydrogen-bond donors (Lipinski definition) is 2. The summed E-state index contributed by atoms with van der Waals surface area (Å²) in [4.78, 5) is 25.3. The molecule has 0 aliphatic heterocycles. The van der Waals surface area contributed by atoms with Crippen LogP contribution in [0, 0.1) is 6.92 Å². The first kappa shape index (κ1) is 17.8. The van der Waals surface area contributed by atoms with Crippen LogP contribution in [0.2, 0.25) is 0 Å². The van der Waals surface area contributed by atoms with Crippen molar-refractivity contribution >= 4 is 28.2 Å². The molecule has 6 nitrogen and oxygen atoms in total. The average molecular weight is 348 g/mol. The molecule has 0 radical (unpaired) electrons. The Labute approximate surface area is 144 Å². The minimum absolute atomic E-state index is 0.362. The standard InChI is InChI=1S/C17H20N2O4S/c1-5-13-9(2)24-17(14(13)15(18)20)19-16(21)10-6-11(22-3)8-12(7-10)23-4/h6-8H,5H2,1-4H3,(H2,18,20)(H,19,21). The molecule has 2 rings (SSSR count). The minimum Gasteiger partial charge on any atom is -0.497 e. The van der Waals surface area contributed by atoms with Crippen molar-refractivity contribution in [1.29, 1.82) is 0 Å². The van der Waals surface area contributed by atoms with E-state index in [0.717, 1.165) is 10.4 Å². The van der Waals surface area contributed by atoms with Crippen LogP contribution >= 0.6 is 11.3 Å². The fourth-order valence-corrected chi connectivity index (χ4v) is 3.61. The first-order valence-corrected chi connectivity index (χ1v) is 8.19. The molecule has 0 aliphatic carbocycles. The first-order valence-electron chi connectivity index (χ1n) is 7.37. The van der Waals surface area contributed by atoms with Gasteiger partial charge in [0.25, 0.3) is 11.8 Å². The third kappa shape index (κ3) is 3.51. The Morgan fingerprint density at radius 3 is 2.21 bits per heavy atom. The van der Waals surface area contributed by atoms with Crippen LogP contribution in [0.4, 0.5) is 5.00 Å². The summed E-state index contributed by atoms with van der Waals surface area (Å²) in [7, 11) is 3.02. The minimum atomic E-state index is -0.547. The second-order valence-electron chi connectivity index (χ2n) is 5.11. The van der Waals surface area contributed by atoms with Crippen molar-refractivity contribution in [2.75, 3.05) is 19.5 Å². The molecule has 24 heavy (non-hydrogen) atoms. The molecule has 0 fully saturated rings. The number of aryl methyl sites for hydroxylation is 1. The van der Waals surface area contributed by atoms with E-state index in [0.29, 0.717) is 34.0 Å². The van der Waals surface area contributed by atoms with Crippen molar-refractivity contribution in [2.24, 2.45) is 5.73 Å². The zero-order chi connectivity index (χ0) is 17.9. The van der Waals surface area contributed by atoms with Crippen LogP contribution < -0.4 is 20.5 Å². The number of rotatable bonds is 6.